The Morgan fingerprint density at radius 1 is 1.27 bits per heavy atom. The highest BCUT2D eigenvalue weighted by Gasteiger charge is 2.38. The molecular weight excluding hydrogens is 353 g/mol. The van der Waals surface area contributed by atoms with Gasteiger partial charge in [0.1, 0.15) is 11.9 Å². The molecule has 1 atom stereocenters. The molecular formula is C14H13F3N8O. The summed E-state index contributed by atoms with van der Waals surface area (Å²) in [5, 5.41) is 17.4. The first kappa shape index (κ1) is 16.3. The Labute approximate surface area is 144 Å². The molecule has 136 valence electrons. The standard InChI is InChI=1S/C14H13F3N8O/c1-23-7-8(6-18-23)24-5-4-9(12(24)26)19-10-2-3-11-20-21-13(14(15,16)17)25(11)22-10/h2-3,6-7,9H,4-5H2,1H3,(H,19,22). The smallest absolute Gasteiger partial charge is 0.357 e. The summed E-state index contributed by atoms with van der Waals surface area (Å²) in [4.78, 5) is 14.1. The molecule has 0 bridgehead atoms. The van der Waals surface area contributed by atoms with Crippen molar-refractivity contribution in [3.8, 4) is 0 Å². The number of amides is 1. The van der Waals surface area contributed by atoms with Gasteiger partial charge in [0.25, 0.3) is 5.82 Å². The van der Waals surface area contributed by atoms with Crippen molar-refractivity contribution >= 4 is 23.1 Å². The number of nitrogens with zero attached hydrogens (tertiary/aromatic N) is 7. The quantitative estimate of drug-likeness (QED) is 0.746. The van der Waals surface area contributed by atoms with Gasteiger partial charge in [-0.2, -0.15) is 22.8 Å². The monoisotopic (exact) mass is 366 g/mol. The number of carbonyl (C=O) groups excluding carboxylic acids is 1. The van der Waals surface area contributed by atoms with Crippen molar-refractivity contribution in [1.82, 2.24) is 29.6 Å². The Balaban J connectivity index is 1.57. The van der Waals surface area contributed by atoms with Crippen LogP contribution in [0.1, 0.15) is 12.2 Å². The van der Waals surface area contributed by atoms with E-state index in [4.69, 9.17) is 0 Å². The summed E-state index contributed by atoms with van der Waals surface area (Å²) in [7, 11) is 1.75. The molecule has 9 nitrogen and oxygen atoms in total. The lowest BCUT2D eigenvalue weighted by molar-refractivity contribution is -0.146. The maximum atomic E-state index is 12.9. The minimum Gasteiger partial charge on any atom is -0.357 e. The number of hydrogen-bond acceptors (Lipinski definition) is 6. The van der Waals surface area contributed by atoms with Gasteiger partial charge in [0, 0.05) is 19.8 Å². The predicted octanol–water partition coefficient (Wildman–Crippen LogP) is 1.09. The van der Waals surface area contributed by atoms with E-state index >= 15 is 0 Å². The Kier molecular flexibility index (Phi) is 3.56. The van der Waals surface area contributed by atoms with Crippen molar-refractivity contribution in [2.45, 2.75) is 18.6 Å². The molecule has 1 aliphatic rings. The molecule has 0 aliphatic carbocycles. The van der Waals surface area contributed by atoms with E-state index in [9.17, 15) is 18.0 Å². The first-order chi connectivity index (χ1) is 12.3. The lowest BCUT2D eigenvalue weighted by atomic mass is 10.2. The summed E-state index contributed by atoms with van der Waals surface area (Å²) < 4.78 is 41.0. The number of rotatable bonds is 3. The Hall–Kier alpha value is -3.18. The Morgan fingerprint density at radius 3 is 2.77 bits per heavy atom. The van der Waals surface area contributed by atoms with Crippen LogP contribution in [0.4, 0.5) is 24.7 Å². The highest BCUT2D eigenvalue weighted by atomic mass is 19.4. The Morgan fingerprint density at radius 2 is 2.08 bits per heavy atom. The van der Waals surface area contributed by atoms with Crippen LogP contribution >= 0.6 is 0 Å². The first-order valence-electron chi connectivity index (χ1n) is 7.69. The van der Waals surface area contributed by atoms with E-state index < -0.39 is 18.0 Å². The van der Waals surface area contributed by atoms with E-state index in [1.54, 1.807) is 29.0 Å². The summed E-state index contributed by atoms with van der Waals surface area (Å²) in [5.41, 5.74) is 0.640. The van der Waals surface area contributed by atoms with Crippen LogP contribution in [0.2, 0.25) is 0 Å². The fraction of sp³-hybridized carbons (Fsp3) is 0.357. The summed E-state index contributed by atoms with van der Waals surface area (Å²) in [6, 6.07) is 2.23. The lowest BCUT2D eigenvalue weighted by Crippen LogP contribution is -2.33. The highest BCUT2D eigenvalue weighted by molar-refractivity contribution is 6.00. The van der Waals surface area contributed by atoms with Crippen LogP contribution in [0, 0.1) is 0 Å². The van der Waals surface area contributed by atoms with E-state index in [0.717, 1.165) is 0 Å². The van der Waals surface area contributed by atoms with Crippen LogP contribution in [-0.4, -0.2) is 48.1 Å². The van der Waals surface area contributed by atoms with Crippen molar-refractivity contribution in [1.29, 1.82) is 0 Å². The average Bonchev–Trinajstić information content (AvgIpc) is 3.26. The summed E-state index contributed by atoms with van der Waals surface area (Å²) >= 11 is 0. The van der Waals surface area contributed by atoms with Crippen LogP contribution in [0.25, 0.3) is 5.65 Å². The molecule has 0 saturated carbocycles. The summed E-state index contributed by atoms with van der Waals surface area (Å²) in [6.07, 6.45) is -0.887. The lowest BCUT2D eigenvalue weighted by Gasteiger charge is -2.15. The molecule has 4 heterocycles. The molecule has 1 unspecified atom stereocenters. The van der Waals surface area contributed by atoms with Gasteiger partial charge in [0.05, 0.1) is 11.9 Å². The minimum absolute atomic E-state index is 0.0300. The van der Waals surface area contributed by atoms with E-state index in [2.05, 4.69) is 25.7 Å². The SMILES string of the molecule is Cn1cc(N2CCC(Nc3ccc4nnc(C(F)(F)F)n4n3)C2=O)cn1. The Bertz CT molecular complexity index is 978. The van der Waals surface area contributed by atoms with Crippen molar-refractivity contribution in [2.24, 2.45) is 7.05 Å². The largest absolute Gasteiger partial charge is 0.453 e. The number of alkyl halides is 3. The fourth-order valence-electron chi connectivity index (χ4n) is 2.84. The van der Waals surface area contributed by atoms with Crippen LogP contribution in [-0.2, 0) is 18.0 Å². The fourth-order valence-corrected chi connectivity index (χ4v) is 2.84. The van der Waals surface area contributed by atoms with E-state index in [1.165, 1.54) is 12.1 Å². The second-order valence-corrected chi connectivity index (χ2v) is 5.86. The summed E-state index contributed by atoms with van der Waals surface area (Å²) in [6.45, 7) is 0.477. The zero-order valence-corrected chi connectivity index (χ0v) is 13.5. The van der Waals surface area contributed by atoms with Gasteiger partial charge in [-0.25, -0.2) is 0 Å². The molecule has 12 heteroatoms. The van der Waals surface area contributed by atoms with Gasteiger partial charge < -0.3 is 10.2 Å². The topological polar surface area (TPSA) is 93.2 Å². The number of carbonyl (C=O) groups is 1. The molecule has 1 aliphatic heterocycles. The minimum atomic E-state index is -4.68. The number of aromatic nitrogens is 6. The predicted molar refractivity (Wildman–Crippen MR) is 83.4 cm³/mol. The first-order valence-corrected chi connectivity index (χ1v) is 7.69. The molecule has 1 fully saturated rings. The normalized spacial score (nSPS) is 18.1. The van der Waals surface area contributed by atoms with Crippen molar-refractivity contribution in [3.63, 3.8) is 0 Å². The van der Waals surface area contributed by atoms with Crippen LogP contribution < -0.4 is 10.2 Å². The van der Waals surface area contributed by atoms with Crippen molar-refractivity contribution < 1.29 is 18.0 Å². The maximum Gasteiger partial charge on any atom is 0.453 e. The van der Waals surface area contributed by atoms with E-state index in [1.807, 2.05) is 0 Å². The average molecular weight is 366 g/mol. The molecule has 0 spiro atoms. The van der Waals surface area contributed by atoms with Crippen LogP contribution in [0.5, 0.6) is 0 Å². The van der Waals surface area contributed by atoms with Gasteiger partial charge in [-0.1, -0.05) is 0 Å². The number of aryl methyl sites for hydroxylation is 1. The maximum absolute atomic E-state index is 12.9. The third kappa shape index (κ3) is 2.72. The van der Waals surface area contributed by atoms with Crippen molar-refractivity contribution in [3.05, 3.63) is 30.4 Å². The van der Waals surface area contributed by atoms with Crippen LogP contribution in [0.15, 0.2) is 24.5 Å². The molecule has 26 heavy (non-hydrogen) atoms. The van der Waals surface area contributed by atoms with E-state index in [-0.39, 0.29) is 17.4 Å². The van der Waals surface area contributed by atoms with Gasteiger partial charge in [0.15, 0.2) is 5.65 Å². The number of anilines is 2. The zero-order chi connectivity index (χ0) is 18.5. The second-order valence-electron chi connectivity index (χ2n) is 5.86. The van der Waals surface area contributed by atoms with Crippen LogP contribution in [0.3, 0.4) is 0 Å². The zero-order valence-electron chi connectivity index (χ0n) is 13.5. The highest BCUT2D eigenvalue weighted by Crippen LogP contribution is 2.28. The van der Waals surface area contributed by atoms with Gasteiger partial charge in [-0.3, -0.25) is 9.48 Å². The molecule has 4 rings (SSSR count). The molecule has 1 saturated heterocycles. The van der Waals surface area contributed by atoms with Gasteiger partial charge in [0.2, 0.25) is 5.91 Å². The third-order valence-electron chi connectivity index (χ3n) is 4.05. The molecule has 3 aromatic heterocycles. The third-order valence-corrected chi connectivity index (χ3v) is 4.05. The molecule has 3 aromatic rings. The number of hydrogen-bond donors (Lipinski definition) is 1. The van der Waals surface area contributed by atoms with E-state index in [0.29, 0.717) is 23.2 Å². The summed E-state index contributed by atoms with van der Waals surface area (Å²) in [5.74, 6) is -1.28. The molecule has 0 aromatic carbocycles. The van der Waals surface area contributed by atoms with Crippen molar-refractivity contribution in [2.75, 3.05) is 16.8 Å². The molecule has 0 radical (unpaired) electrons. The van der Waals surface area contributed by atoms with Gasteiger partial charge >= 0.3 is 6.18 Å². The number of nitrogens with one attached hydrogen (secondary N) is 1. The van der Waals surface area contributed by atoms with Gasteiger partial charge in [-0.05, 0) is 18.6 Å². The second kappa shape index (κ2) is 5.68. The van der Waals surface area contributed by atoms with Gasteiger partial charge in [-0.15, -0.1) is 15.3 Å². The molecule has 1 amide bonds. The number of fused-ring (bicyclic) bond motifs is 1. The number of halogens is 3. The molecule has 1 N–H and O–H groups in total.